The van der Waals surface area contributed by atoms with Gasteiger partial charge in [0, 0.05) is 22.7 Å². The zero-order valence-corrected chi connectivity index (χ0v) is 13.4. The number of hydrogen-bond acceptors (Lipinski definition) is 6. The van der Waals surface area contributed by atoms with E-state index in [1.807, 2.05) is 12.1 Å². The maximum Gasteiger partial charge on any atom is 0.270 e. The standard InChI is InChI=1S/C15H11ClN6O3/c16-12-6-5-11(22(24)25)7-10(12)8-17-19-15(23)9-21-14-4-2-1-3-13(14)18-20-21/h1-8H,9H2,(H,19,23)/b17-8-. The number of nitrogens with one attached hydrogen (secondary N) is 1. The highest BCUT2D eigenvalue weighted by Gasteiger charge is 2.09. The molecule has 0 aliphatic carbocycles. The van der Waals surface area contributed by atoms with Crippen LogP contribution in [0.1, 0.15) is 5.56 Å². The van der Waals surface area contributed by atoms with Crippen LogP contribution < -0.4 is 5.43 Å². The van der Waals surface area contributed by atoms with Crippen LogP contribution in [0, 0.1) is 10.1 Å². The lowest BCUT2D eigenvalue weighted by molar-refractivity contribution is -0.384. The number of hydrazone groups is 1. The van der Waals surface area contributed by atoms with Crippen molar-refractivity contribution < 1.29 is 9.72 Å². The number of para-hydroxylation sites is 1. The molecule has 0 saturated carbocycles. The van der Waals surface area contributed by atoms with Crippen LogP contribution in [0.5, 0.6) is 0 Å². The van der Waals surface area contributed by atoms with Crippen LogP contribution in [-0.4, -0.2) is 32.0 Å². The van der Waals surface area contributed by atoms with E-state index in [1.54, 1.807) is 12.1 Å². The Balaban J connectivity index is 1.67. The van der Waals surface area contributed by atoms with Crippen molar-refractivity contribution in [3.05, 3.63) is 63.2 Å². The highest BCUT2D eigenvalue weighted by Crippen LogP contribution is 2.20. The van der Waals surface area contributed by atoms with E-state index in [0.29, 0.717) is 11.1 Å². The molecule has 2 aromatic carbocycles. The quantitative estimate of drug-likeness (QED) is 0.426. The van der Waals surface area contributed by atoms with Gasteiger partial charge in [-0.25, -0.2) is 10.1 Å². The number of fused-ring (bicyclic) bond motifs is 1. The summed E-state index contributed by atoms with van der Waals surface area (Å²) >= 11 is 5.95. The number of benzene rings is 2. The molecule has 0 aliphatic rings. The minimum atomic E-state index is -0.540. The van der Waals surface area contributed by atoms with Gasteiger partial charge in [-0.2, -0.15) is 5.10 Å². The highest BCUT2D eigenvalue weighted by molar-refractivity contribution is 6.33. The third-order valence-electron chi connectivity index (χ3n) is 3.30. The maximum atomic E-state index is 11.9. The molecule has 1 heterocycles. The number of nitrogens with zero attached hydrogens (tertiary/aromatic N) is 5. The molecule has 1 amide bonds. The number of amides is 1. The zero-order chi connectivity index (χ0) is 17.8. The SMILES string of the molecule is O=C(Cn1nnc2ccccc21)N/N=C\c1cc([N+](=O)[O-])ccc1Cl. The number of hydrogen-bond donors (Lipinski definition) is 1. The summed E-state index contributed by atoms with van der Waals surface area (Å²) < 4.78 is 1.44. The van der Waals surface area contributed by atoms with Crippen molar-refractivity contribution >= 4 is 40.4 Å². The molecule has 0 fully saturated rings. The normalized spacial score (nSPS) is 11.1. The van der Waals surface area contributed by atoms with Crippen LogP contribution in [0.15, 0.2) is 47.6 Å². The zero-order valence-electron chi connectivity index (χ0n) is 12.7. The second kappa shape index (κ2) is 7.05. The summed E-state index contributed by atoms with van der Waals surface area (Å²) in [6.07, 6.45) is 1.24. The van der Waals surface area contributed by atoms with Crippen LogP contribution in [0.25, 0.3) is 11.0 Å². The Hall–Kier alpha value is -3.33. The molecule has 126 valence electrons. The number of nitro groups is 1. The van der Waals surface area contributed by atoms with E-state index >= 15 is 0 Å². The molecule has 0 bridgehead atoms. The largest absolute Gasteiger partial charge is 0.271 e. The molecular formula is C15H11ClN6O3. The summed E-state index contributed by atoms with van der Waals surface area (Å²) in [5, 5.41) is 22.7. The van der Waals surface area contributed by atoms with Crippen molar-refractivity contribution in [2.24, 2.45) is 5.10 Å². The Labute approximate surface area is 146 Å². The van der Waals surface area contributed by atoms with Crippen molar-refractivity contribution in [3.63, 3.8) is 0 Å². The number of halogens is 1. The fraction of sp³-hybridized carbons (Fsp3) is 0.0667. The average Bonchev–Trinajstić information content (AvgIpc) is 2.99. The topological polar surface area (TPSA) is 115 Å². The summed E-state index contributed by atoms with van der Waals surface area (Å²) in [7, 11) is 0. The third kappa shape index (κ3) is 3.78. The number of non-ortho nitro benzene ring substituents is 1. The molecule has 0 radical (unpaired) electrons. The van der Waals surface area contributed by atoms with Gasteiger partial charge in [0.25, 0.3) is 11.6 Å². The Morgan fingerprint density at radius 2 is 2.16 bits per heavy atom. The first kappa shape index (κ1) is 16.5. The Morgan fingerprint density at radius 3 is 2.96 bits per heavy atom. The predicted octanol–water partition coefficient (Wildman–Crippen LogP) is 2.14. The van der Waals surface area contributed by atoms with Gasteiger partial charge in [0.05, 0.1) is 16.7 Å². The third-order valence-corrected chi connectivity index (χ3v) is 3.64. The number of rotatable bonds is 5. The van der Waals surface area contributed by atoms with E-state index < -0.39 is 10.8 Å². The van der Waals surface area contributed by atoms with Crippen LogP contribution in [0.3, 0.4) is 0 Å². The smallest absolute Gasteiger partial charge is 0.270 e. The van der Waals surface area contributed by atoms with Crippen LogP contribution in [0.2, 0.25) is 5.02 Å². The van der Waals surface area contributed by atoms with Crippen molar-refractivity contribution in [2.75, 3.05) is 0 Å². The van der Waals surface area contributed by atoms with Crippen LogP contribution in [0.4, 0.5) is 5.69 Å². The van der Waals surface area contributed by atoms with E-state index in [0.717, 1.165) is 5.52 Å². The molecule has 0 atom stereocenters. The lowest BCUT2D eigenvalue weighted by Crippen LogP contribution is -2.23. The first-order chi connectivity index (χ1) is 12.0. The van der Waals surface area contributed by atoms with E-state index in [2.05, 4.69) is 20.8 Å². The summed E-state index contributed by atoms with van der Waals surface area (Å²) in [5.41, 5.74) is 3.93. The molecule has 9 nitrogen and oxygen atoms in total. The van der Waals surface area contributed by atoms with Crippen LogP contribution >= 0.6 is 11.6 Å². The van der Waals surface area contributed by atoms with Gasteiger partial charge >= 0.3 is 0 Å². The van der Waals surface area contributed by atoms with Crippen molar-refractivity contribution in [1.29, 1.82) is 0 Å². The minimum absolute atomic E-state index is 0.0689. The maximum absolute atomic E-state index is 11.9. The van der Waals surface area contributed by atoms with Crippen molar-refractivity contribution in [1.82, 2.24) is 20.4 Å². The number of carbonyl (C=O) groups is 1. The summed E-state index contributed by atoms with van der Waals surface area (Å²) in [6, 6.07) is 11.2. The van der Waals surface area contributed by atoms with Gasteiger partial charge in [0.15, 0.2) is 0 Å². The first-order valence-corrected chi connectivity index (χ1v) is 7.46. The van der Waals surface area contributed by atoms with E-state index in [4.69, 9.17) is 11.6 Å². The minimum Gasteiger partial charge on any atom is -0.271 e. The molecule has 25 heavy (non-hydrogen) atoms. The summed E-state index contributed by atoms with van der Waals surface area (Å²) in [5.74, 6) is -0.423. The van der Waals surface area contributed by atoms with Crippen LogP contribution in [-0.2, 0) is 11.3 Å². The molecule has 1 aromatic heterocycles. The van der Waals surface area contributed by atoms with Gasteiger partial charge < -0.3 is 0 Å². The number of carbonyl (C=O) groups excluding carboxylic acids is 1. The van der Waals surface area contributed by atoms with E-state index in [9.17, 15) is 14.9 Å². The van der Waals surface area contributed by atoms with Gasteiger partial charge in [0.1, 0.15) is 12.1 Å². The van der Waals surface area contributed by atoms with E-state index in [-0.39, 0.29) is 17.3 Å². The summed E-state index contributed by atoms with van der Waals surface area (Å²) in [6.45, 7) is -0.0689. The van der Waals surface area contributed by atoms with Gasteiger partial charge in [0.2, 0.25) is 0 Å². The molecule has 10 heteroatoms. The Bertz CT molecular complexity index is 984. The second-order valence-corrected chi connectivity index (χ2v) is 5.40. The molecule has 0 aliphatic heterocycles. The molecule has 0 spiro atoms. The molecule has 0 unspecified atom stereocenters. The number of nitro benzene ring substituents is 1. The molecule has 1 N–H and O–H groups in total. The van der Waals surface area contributed by atoms with Gasteiger partial charge in [-0.15, -0.1) is 5.10 Å². The van der Waals surface area contributed by atoms with Gasteiger partial charge in [-0.05, 0) is 18.2 Å². The first-order valence-electron chi connectivity index (χ1n) is 7.08. The lowest BCUT2D eigenvalue weighted by Gasteiger charge is -2.01. The fourth-order valence-corrected chi connectivity index (χ4v) is 2.29. The molecule has 3 rings (SSSR count). The molecular weight excluding hydrogens is 348 g/mol. The van der Waals surface area contributed by atoms with Crippen molar-refractivity contribution in [3.8, 4) is 0 Å². The number of aromatic nitrogens is 3. The fourth-order valence-electron chi connectivity index (χ4n) is 2.12. The highest BCUT2D eigenvalue weighted by atomic mass is 35.5. The van der Waals surface area contributed by atoms with Gasteiger partial charge in [-0.1, -0.05) is 28.9 Å². The Morgan fingerprint density at radius 1 is 1.36 bits per heavy atom. The summed E-state index contributed by atoms with van der Waals surface area (Å²) in [4.78, 5) is 22.2. The lowest BCUT2D eigenvalue weighted by atomic mass is 10.2. The van der Waals surface area contributed by atoms with Crippen molar-refractivity contribution in [2.45, 2.75) is 6.54 Å². The van der Waals surface area contributed by atoms with Gasteiger partial charge in [-0.3, -0.25) is 14.9 Å². The molecule has 0 saturated heterocycles. The second-order valence-electron chi connectivity index (χ2n) is 4.99. The Kier molecular flexibility index (Phi) is 4.66. The van der Waals surface area contributed by atoms with E-state index in [1.165, 1.54) is 29.1 Å². The monoisotopic (exact) mass is 358 g/mol. The predicted molar refractivity (Wildman–Crippen MR) is 91.4 cm³/mol. The molecule has 3 aromatic rings. The average molecular weight is 359 g/mol.